The first-order valence-electron chi connectivity index (χ1n) is 6.37. The molecule has 1 aromatic heterocycles. The van der Waals surface area contributed by atoms with Gasteiger partial charge in [0, 0.05) is 12.5 Å². The summed E-state index contributed by atoms with van der Waals surface area (Å²) in [6.07, 6.45) is 3.30. The highest BCUT2D eigenvalue weighted by atomic mass is 32.2. The summed E-state index contributed by atoms with van der Waals surface area (Å²) in [6.45, 7) is 8.23. The first-order valence-corrected chi connectivity index (χ1v) is 8.02. The molecule has 1 aromatic rings. The number of nitrogens with zero attached hydrogens (tertiary/aromatic N) is 1. The van der Waals surface area contributed by atoms with E-state index in [1.165, 1.54) is 0 Å². The highest BCUT2D eigenvalue weighted by molar-refractivity contribution is 7.91. The van der Waals surface area contributed by atoms with Gasteiger partial charge in [-0.2, -0.15) is 0 Å². The molecule has 0 bridgehead atoms. The molecule has 0 aromatic carbocycles. The molecule has 0 radical (unpaired) electrons. The zero-order valence-corrected chi connectivity index (χ0v) is 12.8. The zero-order valence-electron chi connectivity index (χ0n) is 12.0. The van der Waals surface area contributed by atoms with Gasteiger partial charge in [0.25, 0.3) is 0 Å². The molecule has 0 N–H and O–H groups in total. The number of aromatic nitrogens is 1. The molecule has 0 fully saturated rings. The predicted octanol–water partition coefficient (Wildman–Crippen LogP) is 2.28. The van der Waals surface area contributed by atoms with E-state index in [4.69, 9.17) is 0 Å². The lowest BCUT2D eigenvalue weighted by molar-refractivity contribution is -0.680. The van der Waals surface area contributed by atoms with Crippen LogP contribution in [0.2, 0.25) is 0 Å². The van der Waals surface area contributed by atoms with Gasteiger partial charge in [-0.3, -0.25) is 0 Å². The van der Waals surface area contributed by atoms with Gasteiger partial charge < -0.3 is 0 Å². The Balaban J connectivity index is 2.96. The molecule has 0 spiro atoms. The van der Waals surface area contributed by atoms with E-state index >= 15 is 0 Å². The third-order valence-corrected chi connectivity index (χ3v) is 4.76. The van der Waals surface area contributed by atoms with Crippen LogP contribution in [-0.2, 0) is 23.3 Å². The van der Waals surface area contributed by atoms with Gasteiger partial charge in [0.2, 0.25) is 0 Å². The van der Waals surface area contributed by atoms with Crippen LogP contribution in [0.25, 0.3) is 0 Å². The van der Waals surface area contributed by atoms with Crippen molar-refractivity contribution < 1.29 is 13.0 Å². The largest absolute Gasteiger partial charge is 0.223 e. The van der Waals surface area contributed by atoms with Crippen LogP contribution in [-0.4, -0.2) is 14.2 Å². The molecule has 18 heavy (non-hydrogen) atoms. The van der Waals surface area contributed by atoms with Gasteiger partial charge in [-0.1, -0.05) is 27.7 Å². The van der Waals surface area contributed by atoms with Gasteiger partial charge in [0.05, 0.1) is 5.75 Å². The Kier molecular flexibility index (Phi) is 4.54. The molecule has 0 unspecified atom stereocenters. The van der Waals surface area contributed by atoms with E-state index in [-0.39, 0.29) is 11.2 Å². The van der Waals surface area contributed by atoms with Crippen molar-refractivity contribution >= 4 is 9.84 Å². The molecular formula is C14H24NO2S+. The van der Waals surface area contributed by atoms with Crippen LogP contribution in [0.4, 0.5) is 0 Å². The average molecular weight is 270 g/mol. The van der Waals surface area contributed by atoms with E-state index < -0.39 is 9.84 Å². The van der Waals surface area contributed by atoms with Crippen LogP contribution in [0.5, 0.6) is 0 Å². The number of rotatable bonds is 4. The summed E-state index contributed by atoms with van der Waals surface area (Å²) in [6, 6.07) is 3.61. The van der Waals surface area contributed by atoms with E-state index in [0.29, 0.717) is 11.3 Å². The molecule has 0 aliphatic rings. The second kappa shape index (κ2) is 5.39. The standard InChI is InChI=1S/C14H24NO2S/c1-6-12-7-8-13(11-15(12)5)18(16,17)10-9-14(2,3)4/h7-8,11H,6,9-10H2,1-5H3/q+1. The Hall–Kier alpha value is -0.900. The molecule has 0 atom stereocenters. The van der Waals surface area contributed by atoms with Crippen LogP contribution >= 0.6 is 0 Å². The highest BCUT2D eigenvalue weighted by Gasteiger charge is 2.22. The fourth-order valence-corrected chi connectivity index (χ4v) is 3.43. The normalized spacial score (nSPS) is 12.7. The Labute approximate surface area is 111 Å². The number of aryl methyl sites for hydroxylation is 2. The van der Waals surface area contributed by atoms with Gasteiger partial charge in [0.15, 0.2) is 21.7 Å². The summed E-state index contributed by atoms with van der Waals surface area (Å²) in [5.74, 6) is 0.210. The van der Waals surface area contributed by atoms with Crippen LogP contribution in [0.1, 0.15) is 39.8 Å². The minimum absolute atomic E-state index is 0.0403. The summed E-state index contributed by atoms with van der Waals surface area (Å²) in [5, 5.41) is 0. The second-order valence-corrected chi connectivity index (χ2v) is 8.06. The first kappa shape index (κ1) is 15.2. The Morgan fingerprint density at radius 3 is 2.28 bits per heavy atom. The monoisotopic (exact) mass is 270 g/mol. The number of hydrogen-bond acceptors (Lipinski definition) is 2. The van der Waals surface area contributed by atoms with Crippen LogP contribution in [0, 0.1) is 5.41 Å². The summed E-state index contributed by atoms with van der Waals surface area (Å²) in [7, 11) is -1.27. The maximum Gasteiger partial charge on any atom is 0.187 e. The molecule has 3 nitrogen and oxygen atoms in total. The Bertz CT molecular complexity index is 513. The molecule has 0 saturated heterocycles. The van der Waals surface area contributed by atoms with Crippen LogP contribution in [0.15, 0.2) is 23.2 Å². The van der Waals surface area contributed by atoms with Gasteiger partial charge in [-0.25, -0.2) is 13.0 Å². The van der Waals surface area contributed by atoms with Crippen molar-refractivity contribution in [3.63, 3.8) is 0 Å². The van der Waals surface area contributed by atoms with Crippen molar-refractivity contribution in [1.82, 2.24) is 0 Å². The molecule has 102 valence electrons. The van der Waals surface area contributed by atoms with E-state index in [0.717, 1.165) is 12.1 Å². The van der Waals surface area contributed by atoms with E-state index in [1.54, 1.807) is 12.3 Å². The third-order valence-electron chi connectivity index (χ3n) is 3.06. The van der Waals surface area contributed by atoms with Crippen LogP contribution in [0.3, 0.4) is 0 Å². The number of sulfone groups is 1. The summed E-state index contributed by atoms with van der Waals surface area (Å²) in [4.78, 5) is 0.423. The fraction of sp³-hybridized carbons (Fsp3) is 0.643. The summed E-state index contributed by atoms with van der Waals surface area (Å²) >= 11 is 0. The van der Waals surface area contributed by atoms with Gasteiger partial charge in [-0.15, -0.1) is 0 Å². The smallest absolute Gasteiger partial charge is 0.187 e. The molecular weight excluding hydrogens is 246 g/mol. The zero-order chi connectivity index (χ0) is 14.0. The second-order valence-electron chi connectivity index (χ2n) is 5.95. The summed E-state index contributed by atoms with van der Waals surface area (Å²) < 4.78 is 26.3. The van der Waals surface area contributed by atoms with E-state index in [1.807, 2.05) is 17.7 Å². The quantitative estimate of drug-likeness (QED) is 0.787. The lowest BCUT2D eigenvalue weighted by Gasteiger charge is -2.17. The van der Waals surface area contributed by atoms with Crippen molar-refractivity contribution in [3.8, 4) is 0 Å². The number of pyridine rings is 1. The highest BCUT2D eigenvalue weighted by Crippen LogP contribution is 2.21. The molecule has 1 heterocycles. The average Bonchev–Trinajstić information content (AvgIpc) is 2.25. The topological polar surface area (TPSA) is 38.0 Å². The van der Waals surface area contributed by atoms with Crippen molar-refractivity contribution in [2.75, 3.05) is 5.75 Å². The minimum atomic E-state index is -3.16. The molecule has 0 aliphatic heterocycles. The van der Waals surface area contributed by atoms with Crippen molar-refractivity contribution in [2.24, 2.45) is 12.5 Å². The van der Waals surface area contributed by atoms with Gasteiger partial charge in [-0.05, 0) is 17.9 Å². The lowest BCUT2D eigenvalue weighted by Crippen LogP contribution is -2.34. The molecule has 0 saturated carbocycles. The number of hydrogen-bond donors (Lipinski definition) is 0. The molecule has 0 amide bonds. The van der Waals surface area contributed by atoms with Crippen molar-refractivity contribution in [1.29, 1.82) is 0 Å². The van der Waals surface area contributed by atoms with Crippen LogP contribution < -0.4 is 4.57 Å². The maximum atomic E-state index is 12.2. The lowest BCUT2D eigenvalue weighted by atomic mass is 9.94. The van der Waals surface area contributed by atoms with Gasteiger partial charge >= 0.3 is 0 Å². The first-order chi connectivity index (χ1) is 8.15. The molecule has 1 rings (SSSR count). The Morgan fingerprint density at radius 1 is 1.22 bits per heavy atom. The maximum absolute atomic E-state index is 12.2. The van der Waals surface area contributed by atoms with E-state index in [2.05, 4.69) is 27.7 Å². The summed E-state index contributed by atoms with van der Waals surface area (Å²) in [5.41, 5.74) is 1.17. The van der Waals surface area contributed by atoms with Crippen molar-refractivity contribution in [3.05, 3.63) is 24.0 Å². The fourth-order valence-electron chi connectivity index (χ4n) is 1.72. The van der Waals surface area contributed by atoms with Gasteiger partial charge in [0.1, 0.15) is 11.9 Å². The molecule has 0 aliphatic carbocycles. The van der Waals surface area contributed by atoms with Crippen molar-refractivity contribution in [2.45, 2.75) is 45.4 Å². The van der Waals surface area contributed by atoms with E-state index in [9.17, 15) is 8.42 Å². The minimum Gasteiger partial charge on any atom is -0.223 e. The third kappa shape index (κ3) is 4.09. The SMILES string of the molecule is CCc1ccc(S(=O)(=O)CCC(C)(C)C)c[n+]1C. The molecule has 4 heteroatoms. The predicted molar refractivity (Wildman–Crippen MR) is 73.1 cm³/mol. The Morgan fingerprint density at radius 2 is 1.83 bits per heavy atom.